The zero-order chi connectivity index (χ0) is 14.3. The third-order valence-corrected chi connectivity index (χ3v) is 6.23. The minimum absolute atomic E-state index is 0.593. The predicted octanol–water partition coefficient (Wildman–Crippen LogP) is 5.82. The number of hydrogen-bond donors (Lipinski definition) is 1. The molecule has 1 N–H and O–H groups in total. The first-order chi connectivity index (χ1) is 9.58. The first kappa shape index (κ1) is 14.3. The van der Waals surface area contributed by atoms with E-state index in [2.05, 4.69) is 37.9 Å². The summed E-state index contributed by atoms with van der Waals surface area (Å²) >= 11 is 8.70. The fraction of sp³-hybridized carbons (Fsp3) is 0.125. The van der Waals surface area contributed by atoms with E-state index in [1.165, 1.54) is 4.70 Å². The van der Waals surface area contributed by atoms with Crippen LogP contribution in [0.4, 0.5) is 0 Å². The topological polar surface area (TPSA) is 20.2 Å². The summed E-state index contributed by atoms with van der Waals surface area (Å²) in [5.41, 5.74) is 3.01. The molecule has 1 heterocycles. The summed E-state index contributed by atoms with van der Waals surface area (Å²) in [6, 6.07) is 12.1. The minimum atomic E-state index is -0.593. The van der Waals surface area contributed by atoms with Gasteiger partial charge in [-0.05, 0) is 56.9 Å². The van der Waals surface area contributed by atoms with Gasteiger partial charge in [-0.25, -0.2) is 0 Å². The van der Waals surface area contributed by atoms with Crippen LogP contribution >= 0.6 is 43.2 Å². The largest absolute Gasteiger partial charge is 0.384 e. The summed E-state index contributed by atoms with van der Waals surface area (Å²) in [4.78, 5) is 0. The molecule has 0 aliphatic rings. The number of aryl methyl sites for hydroxylation is 1. The van der Waals surface area contributed by atoms with Crippen molar-refractivity contribution in [3.63, 3.8) is 0 Å². The molecule has 0 fully saturated rings. The van der Waals surface area contributed by atoms with E-state index in [9.17, 15) is 5.11 Å². The molecule has 1 aromatic heterocycles. The second-order valence-corrected chi connectivity index (χ2v) is 7.31. The molecule has 2 aromatic carbocycles. The van der Waals surface area contributed by atoms with E-state index in [0.717, 1.165) is 31.0 Å². The van der Waals surface area contributed by atoms with Gasteiger partial charge in [-0.2, -0.15) is 0 Å². The lowest BCUT2D eigenvalue weighted by Crippen LogP contribution is -1.99. The Kier molecular flexibility index (Phi) is 4.00. The van der Waals surface area contributed by atoms with Crippen molar-refractivity contribution in [2.24, 2.45) is 0 Å². The number of thiophene rings is 1. The summed E-state index contributed by atoms with van der Waals surface area (Å²) in [6.45, 7) is 2.03. The fourth-order valence-corrected chi connectivity index (χ4v) is 4.16. The normalized spacial score (nSPS) is 12.8. The Labute approximate surface area is 138 Å². The van der Waals surface area contributed by atoms with Crippen LogP contribution in [0.15, 0.2) is 50.7 Å². The van der Waals surface area contributed by atoms with Gasteiger partial charge in [0.05, 0.1) is 0 Å². The van der Waals surface area contributed by atoms with Crippen LogP contribution in [0, 0.1) is 6.92 Å². The monoisotopic (exact) mass is 410 g/mol. The van der Waals surface area contributed by atoms with Crippen molar-refractivity contribution in [2.75, 3.05) is 0 Å². The number of fused-ring (bicyclic) bond motifs is 1. The van der Waals surface area contributed by atoms with Crippen molar-refractivity contribution < 1.29 is 5.11 Å². The summed E-state index contributed by atoms with van der Waals surface area (Å²) in [5, 5.41) is 13.8. The van der Waals surface area contributed by atoms with Crippen LogP contribution in [0.1, 0.15) is 22.8 Å². The molecule has 20 heavy (non-hydrogen) atoms. The van der Waals surface area contributed by atoms with E-state index in [-0.39, 0.29) is 0 Å². The summed E-state index contributed by atoms with van der Waals surface area (Å²) in [7, 11) is 0. The standard InChI is InChI=1S/C16H12Br2OS/c1-9-7-10(5-6-13(9)17)15(19)12-8-20-16-11(12)3-2-4-14(16)18/h2-8,15,19H,1H3. The molecule has 0 aliphatic carbocycles. The van der Waals surface area contributed by atoms with Gasteiger partial charge in [0, 0.05) is 19.2 Å². The van der Waals surface area contributed by atoms with Crippen LogP contribution in [-0.4, -0.2) is 5.11 Å². The second kappa shape index (κ2) is 5.60. The zero-order valence-electron chi connectivity index (χ0n) is 10.7. The van der Waals surface area contributed by atoms with Crippen molar-refractivity contribution in [2.45, 2.75) is 13.0 Å². The van der Waals surface area contributed by atoms with Crippen LogP contribution in [0.2, 0.25) is 0 Å². The van der Waals surface area contributed by atoms with Crippen molar-refractivity contribution in [1.82, 2.24) is 0 Å². The highest BCUT2D eigenvalue weighted by atomic mass is 79.9. The van der Waals surface area contributed by atoms with Crippen molar-refractivity contribution in [3.05, 3.63) is 67.4 Å². The van der Waals surface area contributed by atoms with E-state index in [1.807, 2.05) is 42.6 Å². The van der Waals surface area contributed by atoms with Crippen LogP contribution in [0.5, 0.6) is 0 Å². The molecule has 1 atom stereocenters. The molecule has 1 unspecified atom stereocenters. The van der Waals surface area contributed by atoms with Gasteiger partial charge in [0.1, 0.15) is 6.10 Å². The van der Waals surface area contributed by atoms with E-state index in [0.29, 0.717) is 0 Å². The van der Waals surface area contributed by atoms with E-state index in [1.54, 1.807) is 11.3 Å². The highest BCUT2D eigenvalue weighted by molar-refractivity contribution is 9.11. The average molecular weight is 412 g/mol. The van der Waals surface area contributed by atoms with Crippen molar-refractivity contribution in [1.29, 1.82) is 0 Å². The van der Waals surface area contributed by atoms with E-state index < -0.39 is 6.10 Å². The lowest BCUT2D eigenvalue weighted by Gasteiger charge is -2.12. The Bertz CT molecular complexity index is 779. The third kappa shape index (κ3) is 2.46. The lowest BCUT2D eigenvalue weighted by atomic mass is 9.99. The molecule has 0 radical (unpaired) electrons. The fourth-order valence-electron chi connectivity index (χ4n) is 2.27. The molecule has 1 nitrogen and oxygen atoms in total. The molecule has 102 valence electrons. The number of hydrogen-bond acceptors (Lipinski definition) is 2. The Hall–Kier alpha value is -0.680. The molecule has 0 aliphatic heterocycles. The molecule has 0 amide bonds. The molecule has 3 rings (SSSR count). The lowest BCUT2D eigenvalue weighted by molar-refractivity contribution is 0.222. The number of halogens is 2. The molecule has 4 heteroatoms. The maximum Gasteiger partial charge on any atom is 0.105 e. The zero-order valence-corrected chi connectivity index (χ0v) is 14.7. The molecule has 0 bridgehead atoms. The van der Waals surface area contributed by atoms with Crippen LogP contribution < -0.4 is 0 Å². The van der Waals surface area contributed by atoms with Gasteiger partial charge >= 0.3 is 0 Å². The van der Waals surface area contributed by atoms with Crippen LogP contribution in [-0.2, 0) is 0 Å². The van der Waals surface area contributed by atoms with Crippen LogP contribution in [0.25, 0.3) is 10.1 Å². The average Bonchev–Trinajstić information content (AvgIpc) is 2.86. The summed E-state index contributed by atoms with van der Waals surface area (Å²) in [5.74, 6) is 0. The maximum atomic E-state index is 10.7. The smallest absolute Gasteiger partial charge is 0.105 e. The molecule has 3 aromatic rings. The quantitative estimate of drug-likeness (QED) is 0.563. The number of aliphatic hydroxyl groups excluding tert-OH is 1. The van der Waals surface area contributed by atoms with Gasteiger partial charge in [0.25, 0.3) is 0 Å². The van der Waals surface area contributed by atoms with Gasteiger partial charge in [-0.3, -0.25) is 0 Å². The molecule has 0 spiro atoms. The Balaban J connectivity index is 2.10. The predicted molar refractivity (Wildman–Crippen MR) is 92.5 cm³/mol. The van der Waals surface area contributed by atoms with Gasteiger partial charge in [0.2, 0.25) is 0 Å². The molecular formula is C16H12Br2OS. The number of aliphatic hydroxyl groups is 1. The first-order valence-corrected chi connectivity index (χ1v) is 8.64. The van der Waals surface area contributed by atoms with Crippen molar-refractivity contribution in [3.8, 4) is 0 Å². The maximum absolute atomic E-state index is 10.7. The van der Waals surface area contributed by atoms with Gasteiger partial charge in [-0.1, -0.05) is 40.2 Å². The second-order valence-electron chi connectivity index (χ2n) is 4.72. The minimum Gasteiger partial charge on any atom is -0.384 e. The Morgan fingerprint density at radius 3 is 2.65 bits per heavy atom. The highest BCUT2D eigenvalue weighted by Gasteiger charge is 2.16. The van der Waals surface area contributed by atoms with E-state index >= 15 is 0 Å². The SMILES string of the molecule is Cc1cc(C(O)c2csc3c(Br)cccc23)ccc1Br. The molecule has 0 saturated carbocycles. The van der Waals surface area contributed by atoms with Crippen LogP contribution in [0.3, 0.4) is 0 Å². The first-order valence-electron chi connectivity index (χ1n) is 6.17. The molecular weight excluding hydrogens is 400 g/mol. The Morgan fingerprint density at radius 2 is 1.90 bits per heavy atom. The highest BCUT2D eigenvalue weighted by Crippen LogP contribution is 2.37. The Morgan fingerprint density at radius 1 is 1.10 bits per heavy atom. The van der Waals surface area contributed by atoms with Gasteiger partial charge < -0.3 is 5.11 Å². The summed E-state index contributed by atoms with van der Waals surface area (Å²) in [6.07, 6.45) is -0.593. The van der Waals surface area contributed by atoms with Gasteiger partial charge in [0.15, 0.2) is 0 Å². The molecule has 0 saturated heterocycles. The van der Waals surface area contributed by atoms with E-state index in [4.69, 9.17) is 0 Å². The third-order valence-electron chi connectivity index (χ3n) is 3.37. The van der Waals surface area contributed by atoms with Crippen molar-refractivity contribution >= 4 is 53.3 Å². The summed E-state index contributed by atoms with van der Waals surface area (Å²) < 4.78 is 3.31. The van der Waals surface area contributed by atoms with Gasteiger partial charge in [-0.15, -0.1) is 11.3 Å². The number of rotatable bonds is 2. The number of benzene rings is 2.